The summed E-state index contributed by atoms with van der Waals surface area (Å²) in [6, 6.07) is 8.29. The Morgan fingerprint density at radius 2 is 2.12 bits per heavy atom. The van der Waals surface area contributed by atoms with E-state index in [4.69, 9.17) is 10.7 Å². The van der Waals surface area contributed by atoms with Crippen LogP contribution in [0.4, 0.5) is 11.8 Å². The number of aliphatic hydroxyl groups excluding tert-OH is 1. The number of hydrogen-bond acceptors (Lipinski definition) is 6. The van der Waals surface area contributed by atoms with Gasteiger partial charge in [-0.15, -0.1) is 0 Å². The van der Waals surface area contributed by atoms with Gasteiger partial charge in [0.15, 0.2) is 0 Å². The van der Waals surface area contributed by atoms with E-state index >= 15 is 0 Å². The highest BCUT2D eigenvalue weighted by molar-refractivity contribution is 5.83. The monoisotopic (exact) mass is 338 g/mol. The lowest BCUT2D eigenvalue weighted by Crippen LogP contribution is -2.18. The number of benzene rings is 1. The van der Waals surface area contributed by atoms with Crippen LogP contribution in [0.25, 0.3) is 22.4 Å². The Kier molecular flexibility index (Phi) is 4.01. The van der Waals surface area contributed by atoms with Crippen LogP contribution in [0.1, 0.15) is 19.3 Å². The molecule has 4 rings (SSSR count). The van der Waals surface area contributed by atoms with Gasteiger partial charge in [0, 0.05) is 25.9 Å². The number of para-hydroxylation sites is 2. The smallest absolute Gasteiger partial charge is 0.221 e. The molecule has 25 heavy (non-hydrogen) atoms. The van der Waals surface area contributed by atoms with E-state index in [1.165, 1.54) is 0 Å². The topological polar surface area (TPSA) is 102 Å². The van der Waals surface area contributed by atoms with Crippen LogP contribution >= 0.6 is 0 Å². The van der Waals surface area contributed by atoms with E-state index in [0.29, 0.717) is 11.7 Å². The van der Waals surface area contributed by atoms with Crippen molar-refractivity contribution in [2.75, 3.05) is 17.7 Å². The molecule has 2 unspecified atom stereocenters. The summed E-state index contributed by atoms with van der Waals surface area (Å²) in [6.07, 6.45) is 4.69. The van der Waals surface area contributed by atoms with Crippen LogP contribution in [0.15, 0.2) is 30.5 Å². The molecule has 130 valence electrons. The highest BCUT2D eigenvalue weighted by atomic mass is 16.3. The lowest BCUT2D eigenvalue weighted by atomic mass is 10.1. The van der Waals surface area contributed by atoms with Gasteiger partial charge in [0.2, 0.25) is 5.95 Å². The number of aliphatic hydroxyl groups is 1. The van der Waals surface area contributed by atoms with Gasteiger partial charge in [0.1, 0.15) is 11.6 Å². The second-order valence-corrected chi connectivity index (χ2v) is 6.68. The van der Waals surface area contributed by atoms with Crippen molar-refractivity contribution in [2.24, 2.45) is 13.0 Å². The minimum Gasteiger partial charge on any atom is -0.396 e. The summed E-state index contributed by atoms with van der Waals surface area (Å²) in [6.45, 7) is 0.238. The molecule has 3 aromatic rings. The number of nitrogens with one attached hydrogen (secondary N) is 1. The molecule has 2 atom stereocenters. The van der Waals surface area contributed by atoms with Crippen LogP contribution in [0, 0.1) is 5.92 Å². The Bertz CT molecular complexity index is 906. The summed E-state index contributed by atoms with van der Waals surface area (Å²) in [7, 11) is 1.99. The van der Waals surface area contributed by atoms with Crippen LogP contribution in [-0.2, 0) is 7.05 Å². The maximum Gasteiger partial charge on any atom is 0.221 e. The van der Waals surface area contributed by atoms with Crippen LogP contribution in [-0.4, -0.2) is 37.3 Å². The molecule has 7 heteroatoms. The van der Waals surface area contributed by atoms with Gasteiger partial charge >= 0.3 is 0 Å². The number of nitrogens with two attached hydrogens (primary N) is 1. The van der Waals surface area contributed by atoms with E-state index < -0.39 is 0 Å². The van der Waals surface area contributed by atoms with Gasteiger partial charge in [-0.3, -0.25) is 0 Å². The number of anilines is 2. The van der Waals surface area contributed by atoms with Crippen LogP contribution < -0.4 is 11.1 Å². The van der Waals surface area contributed by atoms with E-state index in [2.05, 4.69) is 15.3 Å². The minimum absolute atomic E-state index is 0.238. The Labute approximate surface area is 145 Å². The normalized spacial score (nSPS) is 20.2. The second kappa shape index (κ2) is 6.33. The molecule has 0 radical (unpaired) electrons. The molecule has 2 heterocycles. The number of nitrogen functional groups attached to an aromatic ring is 1. The maximum absolute atomic E-state index is 9.36. The first-order valence-corrected chi connectivity index (χ1v) is 8.57. The van der Waals surface area contributed by atoms with E-state index in [-0.39, 0.29) is 18.6 Å². The molecule has 1 aromatic carbocycles. The van der Waals surface area contributed by atoms with Crippen molar-refractivity contribution in [1.82, 2.24) is 19.5 Å². The zero-order valence-corrected chi connectivity index (χ0v) is 14.2. The first kappa shape index (κ1) is 15.8. The molecule has 0 spiro atoms. The molecule has 7 nitrogen and oxygen atoms in total. The third kappa shape index (κ3) is 2.91. The summed E-state index contributed by atoms with van der Waals surface area (Å²) in [4.78, 5) is 13.3. The van der Waals surface area contributed by atoms with Crippen molar-refractivity contribution in [3.05, 3.63) is 30.5 Å². The fourth-order valence-electron chi connectivity index (χ4n) is 3.62. The number of aryl methyl sites for hydroxylation is 1. The zero-order valence-electron chi connectivity index (χ0n) is 14.2. The summed E-state index contributed by atoms with van der Waals surface area (Å²) in [5.74, 6) is 2.10. The quantitative estimate of drug-likeness (QED) is 0.674. The molecule has 1 saturated carbocycles. The third-order valence-corrected chi connectivity index (χ3v) is 4.98. The van der Waals surface area contributed by atoms with Crippen LogP contribution in [0.2, 0.25) is 0 Å². The SMILES string of the molecule is Cn1c(-c2cnc(N)nc2NC2CCC(CO)C2)nc2ccccc21. The van der Waals surface area contributed by atoms with Crippen LogP contribution in [0.5, 0.6) is 0 Å². The minimum atomic E-state index is 0.238. The first-order valence-electron chi connectivity index (χ1n) is 8.57. The van der Waals surface area contributed by atoms with Crippen molar-refractivity contribution < 1.29 is 5.11 Å². The Balaban J connectivity index is 1.73. The van der Waals surface area contributed by atoms with Crippen LogP contribution in [0.3, 0.4) is 0 Å². The summed E-state index contributed by atoms with van der Waals surface area (Å²) < 4.78 is 2.04. The van der Waals surface area contributed by atoms with Gasteiger partial charge in [0.25, 0.3) is 0 Å². The molecule has 0 bridgehead atoms. The first-order chi connectivity index (χ1) is 12.2. The molecule has 1 aliphatic carbocycles. The van der Waals surface area contributed by atoms with E-state index in [0.717, 1.165) is 41.7 Å². The van der Waals surface area contributed by atoms with E-state index in [1.807, 2.05) is 35.9 Å². The molecule has 0 amide bonds. The Morgan fingerprint density at radius 1 is 1.28 bits per heavy atom. The highest BCUT2D eigenvalue weighted by Crippen LogP contribution is 2.32. The summed E-state index contributed by atoms with van der Waals surface area (Å²) in [5, 5.41) is 12.8. The van der Waals surface area contributed by atoms with E-state index in [9.17, 15) is 5.11 Å². The molecular weight excluding hydrogens is 316 g/mol. The van der Waals surface area contributed by atoms with Crippen molar-refractivity contribution in [3.8, 4) is 11.4 Å². The van der Waals surface area contributed by atoms with Gasteiger partial charge in [-0.1, -0.05) is 12.1 Å². The highest BCUT2D eigenvalue weighted by Gasteiger charge is 2.26. The zero-order chi connectivity index (χ0) is 17.4. The number of rotatable bonds is 4. The Morgan fingerprint density at radius 3 is 2.88 bits per heavy atom. The average Bonchev–Trinajstić information content (AvgIpc) is 3.20. The van der Waals surface area contributed by atoms with Gasteiger partial charge in [0.05, 0.1) is 16.6 Å². The number of imidazole rings is 1. The second-order valence-electron chi connectivity index (χ2n) is 6.68. The van der Waals surface area contributed by atoms with Crippen molar-refractivity contribution >= 4 is 22.8 Å². The van der Waals surface area contributed by atoms with Gasteiger partial charge in [-0.25, -0.2) is 9.97 Å². The number of fused-ring (bicyclic) bond motifs is 1. The molecule has 0 aliphatic heterocycles. The number of nitrogens with zero attached hydrogens (tertiary/aromatic N) is 4. The lowest BCUT2D eigenvalue weighted by molar-refractivity contribution is 0.229. The molecule has 0 saturated heterocycles. The maximum atomic E-state index is 9.36. The Hall–Kier alpha value is -2.67. The standard InChI is InChI=1S/C18H22N6O/c1-24-15-5-3-2-4-14(15)22-17(24)13-9-20-18(19)23-16(13)21-12-7-6-11(8-12)10-25/h2-5,9,11-12,25H,6-8,10H2,1H3,(H3,19,20,21,23). The molecule has 1 fully saturated rings. The number of hydrogen-bond donors (Lipinski definition) is 3. The molecule has 4 N–H and O–H groups in total. The third-order valence-electron chi connectivity index (χ3n) is 4.98. The van der Waals surface area contributed by atoms with Gasteiger partial charge in [-0.2, -0.15) is 4.98 Å². The van der Waals surface area contributed by atoms with E-state index in [1.54, 1.807) is 6.20 Å². The van der Waals surface area contributed by atoms with Gasteiger partial charge < -0.3 is 20.7 Å². The lowest BCUT2D eigenvalue weighted by Gasteiger charge is -2.16. The van der Waals surface area contributed by atoms with Crippen molar-refractivity contribution in [2.45, 2.75) is 25.3 Å². The predicted molar refractivity (Wildman–Crippen MR) is 98.0 cm³/mol. The molecule has 1 aliphatic rings. The summed E-state index contributed by atoms with van der Waals surface area (Å²) >= 11 is 0. The fraction of sp³-hybridized carbons (Fsp3) is 0.389. The largest absolute Gasteiger partial charge is 0.396 e. The van der Waals surface area contributed by atoms with Crippen molar-refractivity contribution in [3.63, 3.8) is 0 Å². The number of aromatic nitrogens is 4. The average molecular weight is 338 g/mol. The fourth-order valence-corrected chi connectivity index (χ4v) is 3.62. The van der Waals surface area contributed by atoms with Gasteiger partial charge in [-0.05, 0) is 37.3 Å². The molecule has 2 aromatic heterocycles. The van der Waals surface area contributed by atoms with Crippen molar-refractivity contribution in [1.29, 1.82) is 0 Å². The molecular formula is C18H22N6O. The summed E-state index contributed by atoms with van der Waals surface area (Å²) in [5.41, 5.74) is 8.64. The predicted octanol–water partition coefficient (Wildman–Crippen LogP) is 2.19.